The third-order valence-electron chi connectivity index (χ3n) is 6.25. The van der Waals surface area contributed by atoms with Crippen LogP contribution in [0.2, 0.25) is 0 Å². The maximum absolute atomic E-state index is 13.5. The maximum Gasteiger partial charge on any atom is 0.252 e. The van der Waals surface area contributed by atoms with Crippen LogP contribution in [0.25, 0.3) is 0 Å². The number of carbonyl (C=O) groups excluding carboxylic acids is 1. The second-order valence-corrected chi connectivity index (χ2v) is 11.8. The number of nitrogens with one attached hydrogen (secondary N) is 2. The van der Waals surface area contributed by atoms with E-state index in [2.05, 4.69) is 20.5 Å². The molecule has 0 bridgehead atoms. The first-order valence-electron chi connectivity index (χ1n) is 12.1. The van der Waals surface area contributed by atoms with Gasteiger partial charge in [0.25, 0.3) is 5.91 Å². The molecule has 1 aromatic heterocycles. The molecule has 0 spiro atoms. The van der Waals surface area contributed by atoms with Gasteiger partial charge in [0.2, 0.25) is 10.0 Å². The molecule has 0 saturated carbocycles. The van der Waals surface area contributed by atoms with Gasteiger partial charge in [-0.1, -0.05) is 6.07 Å². The molecule has 0 radical (unpaired) electrons. The predicted octanol–water partition coefficient (Wildman–Crippen LogP) is 3.67. The summed E-state index contributed by atoms with van der Waals surface area (Å²) in [5, 5.41) is 5.75. The number of nitrogens with zero attached hydrogens (tertiary/aromatic N) is 3. The summed E-state index contributed by atoms with van der Waals surface area (Å²) in [5.74, 6) is -1.67. The van der Waals surface area contributed by atoms with Crippen molar-refractivity contribution < 1.29 is 22.0 Å². The Kier molecular flexibility index (Phi) is 8.12. The Hall–Kier alpha value is -3.77. The molecule has 9 nitrogen and oxygen atoms in total. The smallest absolute Gasteiger partial charge is 0.252 e. The Bertz CT molecular complexity index is 1410. The zero-order valence-corrected chi connectivity index (χ0v) is 21.9. The van der Waals surface area contributed by atoms with Crippen molar-refractivity contribution in [3.8, 4) is 0 Å². The molecular weight excluding hydrogens is 514 g/mol. The first-order valence-corrected chi connectivity index (χ1v) is 13.6. The predicted molar refractivity (Wildman–Crippen MR) is 144 cm³/mol. The van der Waals surface area contributed by atoms with Gasteiger partial charge in [-0.3, -0.25) is 4.79 Å². The number of nitrogens with two attached hydrogens (primary N) is 1. The largest absolute Gasteiger partial charge is 0.380 e. The summed E-state index contributed by atoms with van der Waals surface area (Å²) in [5.41, 5.74) is 8.00. The topological polar surface area (TPSA) is 121 Å². The molecule has 0 atom stereocenters. The second kappa shape index (κ2) is 11.3. The number of piperazine rings is 1. The Labute approximate surface area is 220 Å². The molecule has 1 fully saturated rings. The molecule has 1 aliphatic rings. The van der Waals surface area contributed by atoms with Crippen molar-refractivity contribution in [2.45, 2.75) is 25.6 Å². The van der Waals surface area contributed by atoms with Crippen LogP contribution >= 0.6 is 0 Å². The Morgan fingerprint density at radius 3 is 2.37 bits per heavy atom. The van der Waals surface area contributed by atoms with E-state index in [4.69, 9.17) is 5.73 Å². The number of sulfonamides is 1. The molecule has 38 heavy (non-hydrogen) atoms. The van der Waals surface area contributed by atoms with Gasteiger partial charge in [-0.2, -0.15) is 4.31 Å². The summed E-state index contributed by atoms with van der Waals surface area (Å²) >= 11 is 0. The number of amides is 1. The third kappa shape index (κ3) is 6.37. The van der Waals surface area contributed by atoms with Gasteiger partial charge in [-0.05, 0) is 49.7 Å². The highest BCUT2D eigenvalue weighted by Crippen LogP contribution is 2.26. The summed E-state index contributed by atoms with van der Waals surface area (Å²) in [7, 11) is -3.29. The lowest BCUT2D eigenvalue weighted by atomic mass is 10.1. The number of rotatable bonds is 9. The van der Waals surface area contributed by atoms with Crippen LogP contribution in [0, 0.1) is 11.6 Å². The van der Waals surface area contributed by atoms with Crippen molar-refractivity contribution in [1.82, 2.24) is 9.29 Å². The fourth-order valence-corrected chi connectivity index (χ4v) is 5.47. The minimum absolute atomic E-state index is 0.0619. The molecule has 4 N–H and O–H groups in total. The van der Waals surface area contributed by atoms with Crippen LogP contribution in [0.4, 0.5) is 31.7 Å². The maximum atomic E-state index is 13.5. The normalized spacial score (nSPS) is 14.5. The Morgan fingerprint density at radius 2 is 1.74 bits per heavy atom. The van der Waals surface area contributed by atoms with Crippen molar-refractivity contribution in [2.24, 2.45) is 5.73 Å². The van der Waals surface area contributed by atoms with Crippen LogP contribution < -0.4 is 21.3 Å². The van der Waals surface area contributed by atoms with Gasteiger partial charge in [0.05, 0.1) is 16.5 Å². The van der Waals surface area contributed by atoms with Crippen LogP contribution in [0.1, 0.15) is 29.8 Å². The average molecular weight is 545 g/mol. The lowest BCUT2D eigenvalue weighted by Crippen LogP contribution is -2.50. The van der Waals surface area contributed by atoms with E-state index in [-0.39, 0.29) is 12.1 Å². The molecular formula is C26H30F2N6O3S. The van der Waals surface area contributed by atoms with Crippen molar-refractivity contribution in [1.29, 1.82) is 0 Å². The van der Waals surface area contributed by atoms with Crippen LogP contribution in [-0.4, -0.2) is 55.0 Å². The highest BCUT2D eigenvalue weighted by molar-refractivity contribution is 7.89. The summed E-state index contributed by atoms with van der Waals surface area (Å²) < 4.78 is 53.5. The standard InChI is InChI=1S/C26H30F2N6O3S/c1-17(2)38(36,37)34-8-6-33(7-9-34)22-5-3-4-21(13-22)32-25-14-24(23(16-31-25)26(29)35)30-15-18-10-19(27)12-20(28)11-18/h3-5,10-14,16-17H,6-9,15H2,1-2H3,(H2,29,35)(H2,30,31,32). The minimum Gasteiger partial charge on any atom is -0.380 e. The minimum atomic E-state index is -3.29. The fraction of sp³-hybridized carbons (Fsp3) is 0.308. The molecule has 0 unspecified atom stereocenters. The van der Waals surface area contributed by atoms with Crippen LogP contribution in [0.15, 0.2) is 54.7 Å². The number of benzene rings is 2. The highest BCUT2D eigenvalue weighted by Gasteiger charge is 2.29. The molecule has 4 rings (SSSR count). The first-order chi connectivity index (χ1) is 18.0. The Balaban J connectivity index is 1.47. The molecule has 2 aromatic carbocycles. The zero-order valence-electron chi connectivity index (χ0n) is 21.1. The number of aromatic nitrogens is 1. The quantitative estimate of drug-likeness (QED) is 0.376. The zero-order chi connectivity index (χ0) is 27.4. The molecule has 3 aromatic rings. The van der Waals surface area contributed by atoms with Crippen molar-refractivity contribution in [2.75, 3.05) is 41.7 Å². The van der Waals surface area contributed by atoms with Gasteiger partial charge in [0.1, 0.15) is 17.5 Å². The number of hydrogen-bond donors (Lipinski definition) is 3. The van der Waals surface area contributed by atoms with Crippen molar-refractivity contribution in [3.05, 3.63) is 77.5 Å². The van der Waals surface area contributed by atoms with E-state index in [0.717, 1.165) is 17.4 Å². The van der Waals surface area contributed by atoms with Crippen LogP contribution in [-0.2, 0) is 16.6 Å². The van der Waals surface area contributed by atoms with Gasteiger partial charge in [-0.25, -0.2) is 22.2 Å². The third-order valence-corrected chi connectivity index (χ3v) is 8.53. The summed E-state index contributed by atoms with van der Waals surface area (Å²) in [6.45, 7) is 5.39. The first kappa shape index (κ1) is 27.3. The van der Waals surface area contributed by atoms with E-state index in [0.29, 0.717) is 43.2 Å². The van der Waals surface area contributed by atoms with Gasteiger partial charge in [0, 0.05) is 62.4 Å². The van der Waals surface area contributed by atoms with E-state index in [1.54, 1.807) is 19.9 Å². The molecule has 202 valence electrons. The van der Waals surface area contributed by atoms with E-state index < -0.39 is 32.8 Å². The molecule has 1 amide bonds. The monoisotopic (exact) mass is 544 g/mol. The van der Waals surface area contributed by atoms with E-state index in [1.165, 1.54) is 22.6 Å². The summed E-state index contributed by atoms with van der Waals surface area (Å²) in [6, 6.07) is 12.4. The van der Waals surface area contributed by atoms with Crippen molar-refractivity contribution in [3.63, 3.8) is 0 Å². The summed E-state index contributed by atoms with van der Waals surface area (Å²) in [4.78, 5) is 18.3. The van der Waals surface area contributed by atoms with Gasteiger partial charge >= 0.3 is 0 Å². The van der Waals surface area contributed by atoms with Gasteiger partial charge < -0.3 is 21.3 Å². The van der Waals surface area contributed by atoms with Crippen LogP contribution in [0.3, 0.4) is 0 Å². The molecule has 1 aliphatic heterocycles. The summed E-state index contributed by atoms with van der Waals surface area (Å²) in [6.07, 6.45) is 1.33. The van der Waals surface area contributed by atoms with E-state index in [1.807, 2.05) is 24.3 Å². The van der Waals surface area contributed by atoms with Crippen LogP contribution in [0.5, 0.6) is 0 Å². The van der Waals surface area contributed by atoms with Gasteiger partial charge in [-0.15, -0.1) is 0 Å². The van der Waals surface area contributed by atoms with Gasteiger partial charge in [0.15, 0.2) is 0 Å². The lowest BCUT2D eigenvalue weighted by molar-refractivity contribution is 0.100. The number of carbonyl (C=O) groups is 1. The van der Waals surface area contributed by atoms with Crippen molar-refractivity contribution >= 4 is 38.8 Å². The van der Waals surface area contributed by atoms with E-state index in [9.17, 15) is 22.0 Å². The SMILES string of the molecule is CC(C)S(=O)(=O)N1CCN(c2cccc(Nc3cc(NCc4cc(F)cc(F)c4)c(C(N)=O)cn3)c2)CC1. The number of pyridine rings is 1. The van der Waals surface area contributed by atoms with E-state index >= 15 is 0 Å². The molecule has 12 heteroatoms. The number of halogens is 2. The molecule has 0 aliphatic carbocycles. The average Bonchev–Trinajstić information content (AvgIpc) is 2.87. The molecule has 2 heterocycles. The Morgan fingerprint density at radius 1 is 1.05 bits per heavy atom. The second-order valence-electron chi connectivity index (χ2n) is 9.27. The number of hydrogen-bond acceptors (Lipinski definition) is 7. The fourth-order valence-electron chi connectivity index (χ4n) is 4.20. The molecule has 1 saturated heterocycles. The lowest BCUT2D eigenvalue weighted by Gasteiger charge is -2.36. The highest BCUT2D eigenvalue weighted by atomic mass is 32.2. The number of anilines is 4. The number of primary amides is 1.